The summed E-state index contributed by atoms with van der Waals surface area (Å²) in [4.78, 5) is 39.3. The summed E-state index contributed by atoms with van der Waals surface area (Å²) in [6, 6.07) is 0.310. The highest BCUT2D eigenvalue weighted by atomic mass is 16.5. The van der Waals surface area contributed by atoms with Gasteiger partial charge in [0.1, 0.15) is 0 Å². The highest BCUT2D eigenvalue weighted by molar-refractivity contribution is 5.89. The maximum Gasteiger partial charge on any atom is 0.306 e. The Hall–Kier alpha value is -1.63. The molecular formula is C16H24N2O5. The van der Waals surface area contributed by atoms with Gasteiger partial charge in [0.05, 0.1) is 25.0 Å². The summed E-state index contributed by atoms with van der Waals surface area (Å²) in [5, 5.41) is 8.86. The molecule has 0 aromatic carbocycles. The zero-order chi connectivity index (χ0) is 16.4. The molecular weight excluding hydrogens is 300 g/mol. The molecule has 2 heterocycles. The average molecular weight is 324 g/mol. The fourth-order valence-electron chi connectivity index (χ4n) is 3.96. The fourth-order valence-corrected chi connectivity index (χ4v) is 3.96. The van der Waals surface area contributed by atoms with Crippen molar-refractivity contribution < 1.29 is 24.2 Å². The lowest BCUT2D eigenvalue weighted by molar-refractivity contribution is -0.149. The number of morpholine rings is 1. The van der Waals surface area contributed by atoms with Gasteiger partial charge in [-0.3, -0.25) is 14.4 Å². The van der Waals surface area contributed by atoms with Crippen molar-refractivity contribution in [2.45, 2.75) is 50.7 Å². The number of ether oxygens (including phenoxy) is 1. The zero-order valence-corrected chi connectivity index (χ0v) is 13.3. The molecule has 1 N–H and O–H groups in total. The summed E-state index contributed by atoms with van der Waals surface area (Å²) >= 11 is 0. The van der Waals surface area contributed by atoms with Crippen molar-refractivity contribution in [1.29, 1.82) is 0 Å². The SMILES string of the molecule is O=C(O)C[C@@H]1CN(C(=O)[C@@H]2CC(=O)N(C3CCCC3)C2)CCO1. The Labute approximate surface area is 135 Å². The van der Waals surface area contributed by atoms with Gasteiger partial charge in [0, 0.05) is 32.1 Å². The predicted molar refractivity (Wildman–Crippen MR) is 80.6 cm³/mol. The predicted octanol–water partition coefficient (Wildman–Crippen LogP) is 0.480. The molecule has 0 aromatic heterocycles. The Balaban J connectivity index is 1.57. The first-order chi connectivity index (χ1) is 11.0. The van der Waals surface area contributed by atoms with E-state index in [2.05, 4.69) is 0 Å². The summed E-state index contributed by atoms with van der Waals surface area (Å²) in [5.41, 5.74) is 0. The van der Waals surface area contributed by atoms with E-state index in [0.717, 1.165) is 25.7 Å². The molecule has 0 aromatic rings. The van der Waals surface area contributed by atoms with Gasteiger partial charge < -0.3 is 19.6 Å². The summed E-state index contributed by atoms with van der Waals surface area (Å²) in [5.74, 6) is -1.15. The number of nitrogens with zero attached hydrogens (tertiary/aromatic N) is 2. The monoisotopic (exact) mass is 324 g/mol. The number of carboxylic acid groups (broad SMARTS) is 1. The van der Waals surface area contributed by atoms with Gasteiger partial charge in [0.2, 0.25) is 11.8 Å². The van der Waals surface area contributed by atoms with Gasteiger partial charge in [0.15, 0.2) is 0 Å². The smallest absolute Gasteiger partial charge is 0.306 e. The van der Waals surface area contributed by atoms with Gasteiger partial charge in [-0.2, -0.15) is 0 Å². The van der Waals surface area contributed by atoms with E-state index in [-0.39, 0.29) is 30.6 Å². The molecule has 0 unspecified atom stereocenters. The van der Waals surface area contributed by atoms with Crippen LogP contribution in [0.5, 0.6) is 0 Å². The van der Waals surface area contributed by atoms with Gasteiger partial charge in [-0.05, 0) is 12.8 Å². The van der Waals surface area contributed by atoms with Crippen molar-refractivity contribution >= 4 is 17.8 Å². The second-order valence-corrected chi connectivity index (χ2v) is 6.76. The van der Waals surface area contributed by atoms with Crippen LogP contribution in [0.15, 0.2) is 0 Å². The summed E-state index contributed by atoms with van der Waals surface area (Å²) < 4.78 is 5.40. The van der Waals surface area contributed by atoms with Gasteiger partial charge >= 0.3 is 5.97 Å². The molecule has 2 atom stereocenters. The number of aliphatic carboxylic acids is 1. The Kier molecular flexibility index (Phi) is 4.84. The Morgan fingerprint density at radius 1 is 1.22 bits per heavy atom. The number of rotatable bonds is 4. The van der Waals surface area contributed by atoms with E-state index in [9.17, 15) is 14.4 Å². The molecule has 0 bridgehead atoms. The average Bonchev–Trinajstić information content (AvgIpc) is 3.15. The van der Waals surface area contributed by atoms with Crippen LogP contribution in [0.25, 0.3) is 0 Å². The van der Waals surface area contributed by atoms with Crippen molar-refractivity contribution in [3.05, 3.63) is 0 Å². The third kappa shape index (κ3) is 3.65. The number of amides is 2. The third-order valence-electron chi connectivity index (χ3n) is 5.13. The second-order valence-electron chi connectivity index (χ2n) is 6.76. The first kappa shape index (κ1) is 16.2. The van der Waals surface area contributed by atoms with E-state index in [1.54, 1.807) is 4.90 Å². The number of carbonyl (C=O) groups excluding carboxylic acids is 2. The first-order valence-corrected chi connectivity index (χ1v) is 8.46. The number of carboxylic acids is 1. The maximum atomic E-state index is 12.7. The third-order valence-corrected chi connectivity index (χ3v) is 5.13. The topological polar surface area (TPSA) is 87.2 Å². The Bertz CT molecular complexity index is 489. The Morgan fingerprint density at radius 2 is 1.96 bits per heavy atom. The molecule has 2 saturated heterocycles. The standard InChI is InChI=1S/C16H24N2O5/c19-14-7-11(9-18(14)12-3-1-2-4-12)16(22)17-5-6-23-13(10-17)8-15(20)21/h11-13H,1-10H2,(H,20,21)/t11-,13-/m1/s1. The quantitative estimate of drug-likeness (QED) is 0.813. The zero-order valence-electron chi connectivity index (χ0n) is 13.3. The molecule has 0 radical (unpaired) electrons. The molecule has 3 fully saturated rings. The van der Waals surface area contributed by atoms with Crippen LogP contribution in [-0.4, -0.2) is 71.1 Å². The van der Waals surface area contributed by atoms with E-state index in [4.69, 9.17) is 9.84 Å². The van der Waals surface area contributed by atoms with Crippen LogP contribution < -0.4 is 0 Å². The minimum atomic E-state index is -0.923. The normalized spacial score (nSPS) is 29.3. The molecule has 23 heavy (non-hydrogen) atoms. The van der Waals surface area contributed by atoms with E-state index >= 15 is 0 Å². The van der Waals surface area contributed by atoms with Crippen molar-refractivity contribution in [3.63, 3.8) is 0 Å². The molecule has 2 aliphatic heterocycles. The van der Waals surface area contributed by atoms with Crippen LogP contribution in [-0.2, 0) is 19.1 Å². The lowest BCUT2D eigenvalue weighted by Crippen LogP contribution is -2.48. The van der Waals surface area contributed by atoms with Crippen LogP contribution in [0, 0.1) is 5.92 Å². The summed E-state index contributed by atoms with van der Waals surface area (Å²) in [6.07, 6.45) is 4.15. The molecule has 3 rings (SSSR count). The molecule has 1 saturated carbocycles. The highest BCUT2D eigenvalue weighted by Crippen LogP contribution is 2.30. The lowest BCUT2D eigenvalue weighted by Gasteiger charge is -2.34. The van der Waals surface area contributed by atoms with Gasteiger partial charge in [-0.15, -0.1) is 0 Å². The number of likely N-dealkylation sites (tertiary alicyclic amines) is 1. The van der Waals surface area contributed by atoms with Crippen LogP contribution in [0.4, 0.5) is 0 Å². The van der Waals surface area contributed by atoms with Crippen LogP contribution in [0.2, 0.25) is 0 Å². The van der Waals surface area contributed by atoms with Crippen molar-refractivity contribution in [2.24, 2.45) is 5.92 Å². The van der Waals surface area contributed by atoms with Gasteiger partial charge in [0.25, 0.3) is 0 Å². The fraction of sp³-hybridized carbons (Fsp3) is 0.812. The summed E-state index contributed by atoms with van der Waals surface area (Å²) in [7, 11) is 0. The molecule has 2 amide bonds. The number of hydrogen-bond donors (Lipinski definition) is 1. The van der Waals surface area contributed by atoms with Crippen LogP contribution in [0.3, 0.4) is 0 Å². The van der Waals surface area contributed by atoms with Gasteiger partial charge in [-0.25, -0.2) is 0 Å². The van der Waals surface area contributed by atoms with E-state index in [1.165, 1.54) is 0 Å². The molecule has 0 spiro atoms. The minimum absolute atomic E-state index is 0.0301. The Morgan fingerprint density at radius 3 is 2.65 bits per heavy atom. The molecule has 7 heteroatoms. The van der Waals surface area contributed by atoms with E-state index in [0.29, 0.717) is 32.3 Å². The first-order valence-electron chi connectivity index (χ1n) is 8.46. The van der Waals surface area contributed by atoms with E-state index in [1.807, 2.05) is 4.90 Å². The van der Waals surface area contributed by atoms with Crippen molar-refractivity contribution in [2.75, 3.05) is 26.2 Å². The highest BCUT2D eigenvalue weighted by Gasteiger charge is 2.41. The molecule has 3 aliphatic rings. The summed E-state index contributed by atoms with van der Waals surface area (Å²) in [6.45, 7) is 1.66. The lowest BCUT2D eigenvalue weighted by atomic mass is 10.1. The van der Waals surface area contributed by atoms with Crippen LogP contribution in [0.1, 0.15) is 38.5 Å². The van der Waals surface area contributed by atoms with Gasteiger partial charge in [-0.1, -0.05) is 12.8 Å². The minimum Gasteiger partial charge on any atom is -0.481 e. The molecule has 128 valence electrons. The number of hydrogen-bond acceptors (Lipinski definition) is 4. The van der Waals surface area contributed by atoms with E-state index < -0.39 is 12.1 Å². The molecule has 1 aliphatic carbocycles. The number of carbonyl (C=O) groups is 3. The van der Waals surface area contributed by atoms with Crippen LogP contribution >= 0.6 is 0 Å². The second kappa shape index (κ2) is 6.86. The molecule has 7 nitrogen and oxygen atoms in total. The van der Waals surface area contributed by atoms with Crippen molar-refractivity contribution in [3.8, 4) is 0 Å². The largest absolute Gasteiger partial charge is 0.481 e. The van der Waals surface area contributed by atoms with Crippen molar-refractivity contribution in [1.82, 2.24) is 9.80 Å². The maximum absolute atomic E-state index is 12.7.